The summed E-state index contributed by atoms with van der Waals surface area (Å²) in [6.07, 6.45) is 1.83. The molecule has 0 spiro atoms. The molecule has 0 radical (unpaired) electrons. The smallest absolute Gasteiger partial charge is 0.344 e. The van der Waals surface area contributed by atoms with Crippen LogP contribution in [0.1, 0.15) is 37.7 Å². The lowest BCUT2D eigenvalue weighted by molar-refractivity contribution is -0.178. The Kier molecular flexibility index (Phi) is 7.05. The molecule has 2 heterocycles. The number of hydrogen-bond acceptors (Lipinski definition) is 10. The van der Waals surface area contributed by atoms with Crippen molar-refractivity contribution in [1.82, 2.24) is 4.90 Å². The van der Waals surface area contributed by atoms with Crippen molar-refractivity contribution >= 4 is 23.9 Å². The molecule has 5 aliphatic rings. The van der Waals surface area contributed by atoms with Gasteiger partial charge in [-0.15, -0.1) is 0 Å². The third-order valence-electron chi connectivity index (χ3n) is 8.95. The van der Waals surface area contributed by atoms with E-state index in [2.05, 4.69) is 0 Å². The third-order valence-corrected chi connectivity index (χ3v) is 8.95. The van der Waals surface area contributed by atoms with Gasteiger partial charge in [0.05, 0.1) is 31.6 Å². The Bertz CT molecular complexity index is 1150. The van der Waals surface area contributed by atoms with Crippen LogP contribution in [0.4, 0.5) is 4.39 Å². The van der Waals surface area contributed by atoms with E-state index in [-0.39, 0.29) is 12.5 Å². The molecule has 6 unspecified atom stereocenters. The second-order valence-corrected chi connectivity index (χ2v) is 11.2. The van der Waals surface area contributed by atoms with E-state index in [0.717, 1.165) is 12.8 Å². The molecule has 10 nitrogen and oxygen atoms in total. The van der Waals surface area contributed by atoms with Gasteiger partial charge in [-0.1, -0.05) is 12.1 Å². The Morgan fingerprint density at radius 2 is 1.85 bits per heavy atom. The number of nitrogens with zero attached hydrogens (tertiary/aromatic N) is 1. The molecule has 2 aliphatic heterocycles. The summed E-state index contributed by atoms with van der Waals surface area (Å²) in [5, 5.41) is 0. The number of carbonyl (C=O) groups excluding carboxylic acids is 4. The Balaban J connectivity index is 1.11. The average Bonchev–Trinajstić information content (AvgIpc) is 3.67. The first kappa shape index (κ1) is 26.2. The first-order valence-electron chi connectivity index (χ1n) is 13.7. The van der Waals surface area contributed by atoms with Crippen molar-refractivity contribution in [3.63, 3.8) is 0 Å². The fraction of sp³-hybridized carbons (Fsp3) is 0.643. The Labute approximate surface area is 225 Å². The highest BCUT2D eigenvalue weighted by atomic mass is 19.1. The summed E-state index contributed by atoms with van der Waals surface area (Å²) >= 11 is 0. The maximum Gasteiger partial charge on any atom is 0.344 e. The molecule has 1 aromatic rings. The fourth-order valence-corrected chi connectivity index (χ4v) is 7.21. The molecule has 6 atom stereocenters. The Hall–Kier alpha value is -3.05. The van der Waals surface area contributed by atoms with Gasteiger partial charge in [-0.2, -0.15) is 0 Å². The van der Waals surface area contributed by atoms with Crippen molar-refractivity contribution in [3.05, 3.63) is 35.6 Å². The Morgan fingerprint density at radius 3 is 2.59 bits per heavy atom. The molecular formula is C28H32FNO9. The second kappa shape index (κ2) is 10.5. The summed E-state index contributed by atoms with van der Waals surface area (Å²) in [7, 11) is 0. The molecular weight excluding hydrogens is 513 g/mol. The minimum Gasteiger partial charge on any atom is -0.458 e. The lowest BCUT2D eigenvalue weighted by atomic mass is 9.78. The van der Waals surface area contributed by atoms with E-state index >= 15 is 0 Å². The van der Waals surface area contributed by atoms with Crippen molar-refractivity contribution in [2.45, 2.75) is 49.9 Å². The molecule has 1 aromatic carbocycles. The highest BCUT2D eigenvalue weighted by Crippen LogP contribution is 2.59. The minimum atomic E-state index is -0.955. The van der Waals surface area contributed by atoms with Crippen molar-refractivity contribution in [1.29, 1.82) is 0 Å². The maximum absolute atomic E-state index is 14.0. The van der Waals surface area contributed by atoms with Gasteiger partial charge in [-0.05, 0) is 49.8 Å². The number of halogens is 1. The molecule has 0 amide bonds. The van der Waals surface area contributed by atoms with Gasteiger partial charge in [0.2, 0.25) is 0 Å². The number of fused-ring (bicyclic) bond motifs is 1. The molecule has 210 valence electrons. The van der Waals surface area contributed by atoms with Crippen LogP contribution in [0.15, 0.2) is 24.3 Å². The van der Waals surface area contributed by atoms with Crippen LogP contribution in [0.5, 0.6) is 0 Å². The number of esters is 4. The average molecular weight is 546 g/mol. The Morgan fingerprint density at radius 1 is 1.08 bits per heavy atom. The van der Waals surface area contributed by atoms with E-state index in [1.165, 1.54) is 12.1 Å². The minimum absolute atomic E-state index is 0.0493. The number of rotatable bonds is 8. The van der Waals surface area contributed by atoms with Gasteiger partial charge in [-0.25, -0.2) is 9.18 Å². The molecule has 0 aromatic heterocycles. The topological polar surface area (TPSA) is 118 Å². The van der Waals surface area contributed by atoms with Gasteiger partial charge in [0.1, 0.15) is 23.6 Å². The number of carbonyl (C=O) groups is 4. The van der Waals surface area contributed by atoms with Crippen LogP contribution in [0.3, 0.4) is 0 Å². The van der Waals surface area contributed by atoms with E-state index < -0.39 is 71.9 Å². The largest absolute Gasteiger partial charge is 0.458 e. The van der Waals surface area contributed by atoms with Crippen LogP contribution in [0.25, 0.3) is 0 Å². The zero-order chi connectivity index (χ0) is 27.1. The highest BCUT2D eigenvalue weighted by Gasteiger charge is 2.70. The van der Waals surface area contributed by atoms with Crippen LogP contribution >= 0.6 is 0 Å². The van der Waals surface area contributed by atoms with Crippen LogP contribution < -0.4 is 0 Å². The second-order valence-electron chi connectivity index (χ2n) is 11.2. The monoisotopic (exact) mass is 545 g/mol. The molecule has 2 bridgehead atoms. The number of ether oxygens (including phenoxy) is 5. The van der Waals surface area contributed by atoms with Crippen LogP contribution in [0, 0.1) is 29.5 Å². The van der Waals surface area contributed by atoms with Gasteiger partial charge < -0.3 is 23.7 Å². The summed E-state index contributed by atoms with van der Waals surface area (Å²) in [6, 6.07) is 6.09. The molecule has 39 heavy (non-hydrogen) atoms. The van der Waals surface area contributed by atoms with Crippen molar-refractivity contribution in [2.24, 2.45) is 23.7 Å². The summed E-state index contributed by atoms with van der Waals surface area (Å²) < 4.78 is 41.8. The quantitative estimate of drug-likeness (QED) is 0.353. The van der Waals surface area contributed by atoms with Gasteiger partial charge in [0.15, 0.2) is 6.61 Å². The molecule has 0 N–H and O–H groups in total. The van der Waals surface area contributed by atoms with E-state index in [1.807, 2.05) is 4.90 Å². The summed E-state index contributed by atoms with van der Waals surface area (Å²) in [5.74, 6) is -4.94. The summed E-state index contributed by atoms with van der Waals surface area (Å²) in [6.45, 7) is 1.77. The van der Waals surface area contributed by atoms with Crippen LogP contribution in [0.2, 0.25) is 0 Å². The van der Waals surface area contributed by atoms with Crippen molar-refractivity contribution in [2.75, 3.05) is 39.5 Å². The summed E-state index contributed by atoms with van der Waals surface area (Å²) in [4.78, 5) is 53.1. The van der Waals surface area contributed by atoms with Crippen LogP contribution in [-0.2, 0) is 48.5 Å². The third kappa shape index (κ3) is 4.91. The maximum atomic E-state index is 14.0. The molecule has 5 fully saturated rings. The fourth-order valence-electron chi connectivity index (χ4n) is 7.21. The number of benzene rings is 1. The van der Waals surface area contributed by atoms with E-state index in [1.54, 1.807) is 12.1 Å². The predicted octanol–water partition coefficient (Wildman–Crippen LogP) is 1.73. The van der Waals surface area contributed by atoms with Crippen molar-refractivity contribution < 1.29 is 47.3 Å². The van der Waals surface area contributed by atoms with E-state index in [4.69, 9.17) is 23.7 Å². The lowest BCUT2D eigenvalue weighted by Crippen LogP contribution is -2.45. The van der Waals surface area contributed by atoms with Crippen molar-refractivity contribution in [3.8, 4) is 0 Å². The zero-order valence-corrected chi connectivity index (χ0v) is 21.6. The molecule has 3 aliphatic carbocycles. The molecule has 2 saturated heterocycles. The van der Waals surface area contributed by atoms with E-state index in [0.29, 0.717) is 51.1 Å². The number of morpholine rings is 1. The highest BCUT2D eigenvalue weighted by molar-refractivity contribution is 5.86. The standard InChI is InChI=1S/C28H32FNO9/c29-17-5-3-4-16(12-17)28(6-1-2-7-28)39-27(34)23-19-13-18-22(23)26(33)38-25(18)24(19)37-21(32)15-36-20(31)14-30-8-10-35-11-9-30/h3-5,12,18-19,22-25H,1-2,6-11,13-15H2. The predicted molar refractivity (Wildman–Crippen MR) is 129 cm³/mol. The van der Waals surface area contributed by atoms with E-state index in [9.17, 15) is 23.6 Å². The lowest BCUT2D eigenvalue weighted by Gasteiger charge is -2.35. The molecule has 6 rings (SSSR count). The van der Waals surface area contributed by atoms with Gasteiger partial charge >= 0.3 is 23.9 Å². The van der Waals surface area contributed by atoms with Crippen LogP contribution in [-0.4, -0.2) is 80.4 Å². The van der Waals surface area contributed by atoms with Gasteiger partial charge in [-0.3, -0.25) is 19.3 Å². The SMILES string of the molecule is O=C(CN1CCOCC1)OCC(=O)OC1C2CC3C1OC(=O)C3C2C(=O)OC1(c2cccc(F)c2)CCCC1. The van der Waals surface area contributed by atoms with Gasteiger partial charge in [0.25, 0.3) is 0 Å². The first-order valence-corrected chi connectivity index (χ1v) is 13.7. The first-order chi connectivity index (χ1) is 18.8. The summed E-state index contributed by atoms with van der Waals surface area (Å²) in [5.41, 5.74) is -0.352. The van der Waals surface area contributed by atoms with Gasteiger partial charge in [0, 0.05) is 24.9 Å². The zero-order valence-electron chi connectivity index (χ0n) is 21.6. The normalized spacial score (nSPS) is 32.6. The number of hydrogen-bond donors (Lipinski definition) is 0. The molecule has 11 heteroatoms. The molecule has 3 saturated carbocycles.